The molecule has 1 aliphatic rings. The van der Waals surface area contributed by atoms with Crippen LogP contribution in [0.25, 0.3) is 0 Å². The van der Waals surface area contributed by atoms with E-state index >= 15 is 0 Å². The number of benzene rings is 1. The summed E-state index contributed by atoms with van der Waals surface area (Å²) in [5.74, 6) is 0.663. The first-order valence-electron chi connectivity index (χ1n) is 10.6. The number of nitrogens with zero attached hydrogens (tertiary/aromatic N) is 3. The first kappa shape index (κ1) is 21.8. The summed E-state index contributed by atoms with van der Waals surface area (Å²) in [7, 11) is 0. The average molecular weight is 416 g/mol. The fraction of sp³-hybridized carbons (Fsp3) is 0.500. The number of ether oxygens (including phenoxy) is 1. The predicted octanol–water partition coefficient (Wildman–Crippen LogP) is 3.33. The summed E-state index contributed by atoms with van der Waals surface area (Å²) in [6, 6.07) is 7.59. The number of anilines is 2. The zero-order chi connectivity index (χ0) is 21.5. The molecule has 2 atom stereocenters. The first-order chi connectivity index (χ1) is 14.5. The minimum Gasteiger partial charge on any atom is -0.489 e. The minimum atomic E-state index is -0.421. The number of carbonyl (C=O) groups excluding carboxylic acids is 1. The van der Waals surface area contributed by atoms with E-state index in [1.807, 2.05) is 49.9 Å². The van der Waals surface area contributed by atoms with Crippen LogP contribution in [-0.4, -0.2) is 48.2 Å². The quantitative estimate of drug-likeness (QED) is 0.654. The largest absolute Gasteiger partial charge is 0.489 e. The van der Waals surface area contributed by atoms with Crippen LogP contribution in [0.15, 0.2) is 30.6 Å². The number of hydrogen-bond donors (Lipinski definition) is 2. The third-order valence-corrected chi connectivity index (χ3v) is 5.19. The van der Waals surface area contributed by atoms with Crippen molar-refractivity contribution in [3.05, 3.63) is 42.0 Å². The van der Waals surface area contributed by atoms with Gasteiger partial charge in [0.2, 0.25) is 11.7 Å². The number of halogens is 1. The highest BCUT2D eigenvalue weighted by atomic mass is 19.1. The van der Waals surface area contributed by atoms with E-state index in [0.717, 1.165) is 24.2 Å². The molecule has 1 aromatic heterocycles. The van der Waals surface area contributed by atoms with Crippen LogP contribution in [0.3, 0.4) is 0 Å². The molecule has 1 fully saturated rings. The molecule has 1 aromatic carbocycles. The monoisotopic (exact) mass is 415 g/mol. The van der Waals surface area contributed by atoms with Crippen molar-refractivity contribution < 1.29 is 13.9 Å². The van der Waals surface area contributed by atoms with Gasteiger partial charge in [-0.05, 0) is 38.0 Å². The van der Waals surface area contributed by atoms with Gasteiger partial charge in [-0.25, -0.2) is 9.97 Å². The fourth-order valence-electron chi connectivity index (χ4n) is 3.47. The summed E-state index contributed by atoms with van der Waals surface area (Å²) in [4.78, 5) is 22.0. The minimum absolute atomic E-state index is 0.0114. The second kappa shape index (κ2) is 10.2. The molecule has 8 heteroatoms. The molecular weight excluding hydrogens is 385 g/mol. The molecule has 162 valence electrons. The molecule has 0 saturated carbocycles. The van der Waals surface area contributed by atoms with E-state index in [-0.39, 0.29) is 23.7 Å². The van der Waals surface area contributed by atoms with Crippen molar-refractivity contribution in [1.29, 1.82) is 0 Å². The Kier molecular flexibility index (Phi) is 7.43. The van der Waals surface area contributed by atoms with Crippen molar-refractivity contribution in [3.8, 4) is 5.75 Å². The zero-order valence-electron chi connectivity index (χ0n) is 17.8. The Morgan fingerprint density at radius 3 is 2.77 bits per heavy atom. The molecule has 1 aliphatic heterocycles. The predicted molar refractivity (Wildman–Crippen MR) is 116 cm³/mol. The Morgan fingerprint density at radius 2 is 2.07 bits per heavy atom. The van der Waals surface area contributed by atoms with Gasteiger partial charge in [0.15, 0.2) is 11.6 Å². The molecular formula is C22H30FN5O2. The highest BCUT2D eigenvalue weighted by Crippen LogP contribution is 2.27. The van der Waals surface area contributed by atoms with Crippen LogP contribution < -0.4 is 20.3 Å². The summed E-state index contributed by atoms with van der Waals surface area (Å²) in [5, 5.41) is 5.83. The van der Waals surface area contributed by atoms with Crippen LogP contribution in [0.1, 0.15) is 45.1 Å². The van der Waals surface area contributed by atoms with Gasteiger partial charge in [-0.1, -0.05) is 19.1 Å². The molecule has 2 unspecified atom stereocenters. The van der Waals surface area contributed by atoms with Gasteiger partial charge in [0, 0.05) is 26.1 Å². The average Bonchev–Trinajstić information content (AvgIpc) is 3.21. The number of hydrogen-bond acceptors (Lipinski definition) is 6. The molecule has 2 N–H and O–H groups in total. The number of amides is 1. The third-order valence-electron chi connectivity index (χ3n) is 5.19. The molecule has 0 radical (unpaired) electrons. The van der Waals surface area contributed by atoms with Gasteiger partial charge in [-0.2, -0.15) is 4.39 Å². The van der Waals surface area contributed by atoms with Gasteiger partial charge in [0.05, 0.1) is 12.5 Å². The number of likely N-dealkylation sites (N-methyl/N-ethyl adjacent to an activating group) is 1. The number of nitrogens with one attached hydrogen (secondary N) is 2. The van der Waals surface area contributed by atoms with Gasteiger partial charge in [0.25, 0.3) is 0 Å². The normalized spacial score (nSPS) is 16.9. The van der Waals surface area contributed by atoms with Crippen LogP contribution in [0.2, 0.25) is 0 Å². The Morgan fingerprint density at radius 1 is 1.30 bits per heavy atom. The molecule has 2 aromatic rings. The SMILES string of the molecule is CCCNc1ncnc(N2CCC(Oc3ccc(C(C)C(=O)NCC)cc3)C2)c1F. The van der Waals surface area contributed by atoms with Crippen LogP contribution in [0.5, 0.6) is 5.75 Å². The van der Waals surface area contributed by atoms with Gasteiger partial charge >= 0.3 is 0 Å². The van der Waals surface area contributed by atoms with E-state index in [4.69, 9.17) is 4.74 Å². The summed E-state index contributed by atoms with van der Waals surface area (Å²) >= 11 is 0. The van der Waals surface area contributed by atoms with Gasteiger partial charge < -0.3 is 20.3 Å². The smallest absolute Gasteiger partial charge is 0.227 e. The van der Waals surface area contributed by atoms with Crippen LogP contribution in [0.4, 0.5) is 16.0 Å². The van der Waals surface area contributed by atoms with Crippen molar-refractivity contribution in [3.63, 3.8) is 0 Å². The van der Waals surface area contributed by atoms with E-state index in [0.29, 0.717) is 32.0 Å². The molecule has 1 amide bonds. The Balaban J connectivity index is 1.59. The lowest BCUT2D eigenvalue weighted by molar-refractivity contribution is -0.122. The molecule has 30 heavy (non-hydrogen) atoms. The van der Waals surface area contributed by atoms with E-state index in [9.17, 15) is 9.18 Å². The van der Waals surface area contributed by atoms with Crippen molar-refractivity contribution in [2.24, 2.45) is 0 Å². The Bertz CT molecular complexity index is 846. The highest BCUT2D eigenvalue weighted by molar-refractivity contribution is 5.83. The second-order valence-corrected chi connectivity index (χ2v) is 7.45. The molecule has 3 rings (SSSR count). The van der Waals surface area contributed by atoms with E-state index in [1.165, 1.54) is 6.33 Å². The van der Waals surface area contributed by atoms with Crippen molar-refractivity contribution >= 4 is 17.5 Å². The summed E-state index contributed by atoms with van der Waals surface area (Å²) in [6.45, 7) is 8.30. The summed E-state index contributed by atoms with van der Waals surface area (Å²) in [6.07, 6.45) is 2.99. The molecule has 7 nitrogen and oxygen atoms in total. The van der Waals surface area contributed by atoms with E-state index < -0.39 is 5.82 Å². The fourth-order valence-corrected chi connectivity index (χ4v) is 3.47. The molecule has 1 saturated heterocycles. The number of aromatic nitrogens is 2. The van der Waals surface area contributed by atoms with Gasteiger partial charge in [0.1, 0.15) is 18.2 Å². The topological polar surface area (TPSA) is 79.4 Å². The number of rotatable bonds is 9. The van der Waals surface area contributed by atoms with Gasteiger partial charge in [-0.3, -0.25) is 4.79 Å². The lowest BCUT2D eigenvalue weighted by Gasteiger charge is -2.19. The molecule has 0 bridgehead atoms. The maximum Gasteiger partial charge on any atom is 0.227 e. The van der Waals surface area contributed by atoms with E-state index in [1.54, 1.807) is 0 Å². The van der Waals surface area contributed by atoms with Crippen LogP contribution >= 0.6 is 0 Å². The van der Waals surface area contributed by atoms with Crippen molar-refractivity contribution in [1.82, 2.24) is 15.3 Å². The highest BCUT2D eigenvalue weighted by Gasteiger charge is 2.28. The maximum absolute atomic E-state index is 14.7. The summed E-state index contributed by atoms with van der Waals surface area (Å²) in [5.41, 5.74) is 0.941. The lowest BCUT2D eigenvalue weighted by Crippen LogP contribution is -2.27. The lowest BCUT2D eigenvalue weighted by atomic mass is 10.0. The van der Waals surface area contributed by atoms with Crippen LogP contribution in [-0.2, 0) is 4.79 Å². The van der Waals surface area contributed by atoms with Crippen molar-refractivity contribution in [2.75, 3.05) is 36.4 Å². The van der Waals surface area contributed by atoms with Crippen LogP contribution in [0, 0.1) is 5.82 Å². The van der Waals surface area contributed by atoms with Gasteiger partial charge in [-0.15, -0.1) is 0 Å². The first-order valence-corrected chi connectivity index (χ1v) is 10.6. The Labute approximate surface area is 177 Å². The second-order valence-electron chi connectivity index (χ2n) is 7.45. The molecule has 0 aliphatic carbocycles. The van der Waals surface area contributed by atoms with Crippen molar-refractivity contribution in [2.45, 2.75) is 45.6 Å². The summed E-state index contributed by atoms with van der Waals surface area (Å²) < 4.78 is 20.8. The maximum atomic E-state index is 14.7. The van der Waals surface area contributed by atoms with E-state index in [2.05, 4.69) is 20.6 Å². The third kappa shape index (κ3) is 5.17. The standard InChI is InChI=1S/C22H30FN5O2/c1-4-11-25-20-19(23)21(27-14-26-20)28-12-10-18(13-28)30-17-8-6-16(7-9-17)15(3)22(29)24-5-2/h6-9,14-15,18H,4-5,10-13H2,1-3H3,(H,24,29)(H,25,26,27). The zero-order valence-corrected chi connectivity index (χ0v) is 17.8. The molecule has 0 spiro atoms. The number of carbonyl (C=O) groups is 1. The molecule has 2 heterocycles. The Hall–Kier alpha value is -2.90.